The van der Waals surface area contributed by atoms with Crippen LogP contribution in [-0.2, 0) is 7.05 Å². The molecular weight excluding hydrogens is 612 g/mol. The molecule has 0 spiro atoms. The highest BCUT2D eigenvalue weighted by Crippen LogP contribution is 2.37. The second-order valence-corrected chi connectivity index (χ2v) is 11.1. The van der Waals surface area contributed by atoms with Crippen LogP contribution in [-0.4, -0.2) is 64.2 Å². The van der Waals surface area contributed by atoms with Gasteiger partial charge >= 0.3 is 6.09 Å². The monoisotopic (exact) mass is 635 g/mol. The number of halogens is 3. The number of nitrogens with one attached hydrogen (secondary N) is 2. The minimum absolute atomic E-state index is 0.00598. The number of benzene rings is 2. The number of nitriles is 1. The van der Waals surface area contributed by atoms with Crippen LogP contribution >= 0.6 is 23.2 Å². The normalized spacial score (nSPS) is 14.4. The Morgan fingerprint density at radius 1 is 1.09 bits per heavy atom. The summed E-state index contributed by atoms with van der Waals surface area (Å²) in [7, 11) is 1.75. The Morgan fingerprint density at radius 3 is 2.50 bits per heavy atom. The average Bonchev–Trinajstić information content (AvgIpc) is 3.68. The van der Waals surface area contributed by atoms with Crippen LogP contribution in [0.25, 0.3) is 10.9 Å². The third kappa shape index (κ3) is 5.79. The number of rotatable bonds is 7. The van der Waals surface area contributed by atoms with E-state index in [1.165, 1.54) is 29.3 Å². The van der Waals surface area contributed by atoms with Gasteiger partial charge in [-0.3, -0.25) is 9.67 Å². The summed E-state index contributed by atoms with van der Waals surface area (Å²) in [4.78, 5) is 17.1. The van der Waals surface area contributed by atoms with E-state index in [-0.39, 0.29) is 16.6 Å². The summed E-state index contributed by atoms with van der Waals surface area (Å²) in [5.74, 6) is -0.565. The zero-order chi connectivity index (χ0) is 31.0. The molecule has 16 heteroatoms. The predicted molar refractivity (Wildman–Crippen MR) is 161 cm³/mol. The quantitative estimate of drug-likeness (QED) is 0.207. The van der Waals surface area contributed by atoms with Gasteiger partial charge in [-0.2, -0.15) is 5.26 Å². The van der Waals surface area contributed by atoms with E-state index in [0.29, 0.717) is 70.3 Å². The van der Waals surface area contributed by atoms with Crippen molar-refractivity contribution in [2.45, 2.75) is 24.9 Å². The minimum atomic E-state index is -0.930. The Morgan fingerprint density at radius 2 is 1.82 bits per heavy atom. The topological polar surface area (TPSA) is 163 Å². The van der Waals surface area contributed by atoms with Crippen molar-refractivity contribution >= 4 is 57.3 Å². The molecule has 1 aliphatic heterocycles. The fourth-order valence-electron chi connectivity index (χ4n) is 5.17. The average molecular weight is 636 g/mol. The number of amides is 1. The zero-order valence-electron chi connectivity index (χ0n) is 23.1. The highest BCUT2D eigenvalue weighted by atomic mass is 35.5. The van der Waals surface area contributed by atoms with Crippen LogP contribution < -0.4 is 10.6 Å². The van der Waals surface area contributed by atoms with Gasteiger partial charge in [-0.1, -0.05) is 33.6 Å². The molecule has 5 aromatic rings. The first-order valence-corrected chi connectivity index (χ1v) is 14.2. The van der Waals surface area contributed by atoms with Gasteiger partial charge in [-0.05, 0) is 43.2 Å². The number of aryl methyl sites for hydroxylation is 1. The molecule has 3 aromatic heterocycles. The molecule has 224 valence electrons. The van der Waals surface area contributed by atoms with Gasteiger partial charge in [0.05, 0.1) is 45.2 Å². The largest absolute Gasteiger partial charge is 0.465 e. The molecule has 1 amide bonds. The van der Waals surface area contributed by atoms with E-state index in [9.17, 15) is 19.6 Å². The lowest BCUT2D eigenvalue weighted by Crippen LogP contribution is -2.38. The summed E-state index contributed by atoms with van der Waals surface area (Å²) >= 11 is 12.7. The maximum absolute atomic E-state index is 13.8. The summed E-state index contributed by atoms with van der Waals surface area (Å²) in [5, 5.41) is 43.7. The molecule has 3 N–H and O–H groups in total. The van der Waals surface area contributed by atoms with E-state index in [1.807, 2.05) is 6.20 Å². The summed E-state index contributed by atoms with van der Waals surface area (Å²) in [5.41, 5.74) is 3.28. The fourth-order valence-corrected chi connectivity index (χ4v) is 5.62. The summed E-state index contributed by atoms with van der Waals surface area (Å²) in [6, 6.07) is 9.20. The molecule has 1 unspecified atom stereocenters. The first kappa shape index (κ1) is 29.1. The molecule has 1 aliphatic rings. The number of carbonyl (C=O) groups is 1. The molecule has 0 aliphatic carbocycles. The van der Waals surface area contributed by atoms with E-state index < -0.39 is 18.0 Å². The molecule has 4 heterocycles. The van der Waals surface area contributed by atoms with Gasteiger partial charge in [0.25, 0.3) is 0 Å². The molecule has 0 saturated carbocycles. The van der Waals surface area contributed by atoms with Crippen LogP contribution in [0.5, 0.6) is 0 Å². The number of pyridine rings is 1. The lowest BCUT2D eigenvalue weighted by Gasteiger charge is -2.29. The van der Waals surface area contributed by atoms with Crippen molar-refractivity contribution in [3.05, 3.63) is 81.7 Å². The second-order valence-electron chi connectivity index (χ2n) is 10.3. The third-order valence-corrected chi connectivity index (χ3v) is 7.97. The third-order valence-electron chi connectivity index (χ3n) is 7.39. The standard InChI is InChI=1S/C28H24Cl2FN11O2/c1-40-13-23(36-38-40)27(24-14-42(39-37-24)18-4-6-41(7-5-18)28(43)44)35-17-8-19-25(34-16-2-3-22(31)20(29)9-16)15(11-32)12-33-26(19)21(30)10-17/h2-3,8-10,12-14,18,27,35H,4-7H2,1H3,(H,33,34)(H,43,44). The van der Waals surface area contributed by atoms with Gasteiger partial charge in [0.15, 0.2) is 0 Å². The molecule has 13 nitrogen and oxygen atoms in total. The summed E-state index contributed by atoms with van der Waals surface area (Å²) < 4.78 is 17.1. The van der Waals surface area contributed by atoms with Crippen molar-refractivity contribution in [3.8, 4) is 6.07 Å². The Labute approximate surface area is 259 Å². The molecule has 2 aromatic carbocycles. The maximum Gasteiger partial charge on any atom is 0.407 e. The number of fused-ring (bicyclic) bond motifs is 1. The van der Waals surface area contributed by atoms with Crippen LogP contribution in [0.4, 0.5) is 26.2 Å². The van der Waals surface area contributed by atoms with Crippen LogP contribution in [0.2, 0.25) is 10.0 Å². The number of hydrogen-bond donors (Lipinski definition) is 3. The van der Waals surface area contributed by atoms with Crippen LogP contribution in [0.15, 0.2) is 48.9 Å². The SMILES string of the molecule is Cn1cc(C(Nc2cc(Cl)c3ncc(C#N)c(Nc4ccc(F)c(Cl)c4)c3c2)c2cn(C3CCN(C(=O)O)CC3)nn2)nn1. The Bertz CT molecular complexity index is 1910. The number of carboxylic acid groups (broad SMARTS) is 1. The summed E-state index contributed by atoms with van der Waals surface area (Å²) in [6.45, 7) is 0.825. The van der Waals surface area contributed by atoms with E-state index in [4.69, 9.17) is 23.2 Å². The fraction of sp³-hybridized carbons (Fsp3) is 0.250. The molecule has 1 saturated heterocycles. The number of nitrogens with zero attached hydrogens (tertiary/aromatic N) is 9. The number of piperidine rings is 1. The smallest absolute Gasteiger partial charge is 0.407 e. The van der Waals surface area contributed by atoms with Gasteiger partial charge in [-0.15, -0.1) is 10.2 Å². The van der Waals surface area contributed by atoms with Crippen LogP contribution in [0, 0.1) is 17.1 Å². The highest BCUT2D eigenvalue weighted by Gasteiger charge is 2.27. The first-order valence-electron chi connectivity index (χ1n) is 13.5. The first-order chi connectivity index (χ1) is 21.2. The van der Waals surface area contributed by atoms with E-state index in [0.717, 1.165) is 0 Å². The lowest BCUT2D eigenvalue weighted by atomic mass is 10.1. The Balaban J connectivity index is 1.36. The number of likely N-dealkylation sites (tertiary alicyclic amines) is 1. The van der Waals surface area contributed by atoms with Crippen molar-refractivity contribution in [1.82, 2.24) is 39.9 Å². The zero-order valence-corrected chi connectivity index (χ0v) is 24.6. The molecule has 1 fully saturated rings. The van der Waals surface area contributed by atoms with Crippen molar-refractivity contribution in [2.75, 3.05) is 23.7 Å². The van der Waals surface area contributed by atoms with Crippen LogP contribution in [0.1, 0.15) is 41.9 Å². The van der Waals surface area contributed by atoms with Crippen LogP contribution in [0.3, 0.4) is 0 Å². The molecule has 1 atom stereocenters. The van der Waals surface area contributed by atoms with Crippen molar-refractivity contribution in [3.63, 3.8) is 0 Å². The Kier molecular flexibility index (Phi) is 7.90. The molecule has 0 bridgehead atoms. The van der Waals surface area contributed by atoms with Gasteiger partial charge < -0.3 is 20.6 Å². The minimum Gasteiger partial charge on any atom is -0.465 e. The van der Waals surface area contributed by atoms with Crippen molar-refractivity contribution < 1.29 is 14.3 Å². The number of anilines is 3. The van der Waals surface area contributed by atoms with Gasteiger partial charge in [0, 0.05) is 43.1 Å². The number of aromatic nitrogens is 7. The van der Waals surface area contributed by atoms with Gasteiger partial charge in [0.1, 0.15) is 29.3 Å². The van der Waals surface area contributed by atoms with E-state index in [1.54, 1.807) is 34.7 Å². The van der Waals surface area contributed by atoms with Crippen molar-refractivity contribution in [1.29, 1.82) is 5.26 Å². The number of hydrogen-bond acceptors (Lipinski definition) is 9. The molecule has 6 rings (SSSR count). The molecule has 44 heavy (non-hydrogen) atoms. The Hall–Kier alpha value is -5.00. The van der Waals surface area contributed by atoms with E-state index in [2.05, 4.69) is 42.3 Å². The molecular formula is C28H24Cl2FN11O2. The summed E-state index contributed by atoms with van der Waals surface area (Å²) in [6.07, 6.45) is 5.28. The van der Waals surface area contributed by atoms with E-state index >= 15 is 0 Å². The van der Waals surface area contributed by atoms with Crippen molar-refractivity contribution in [2.24, 2.45) is 7.05 Å². The second kappa shape index (κ2) is 11.9. The predicted octanol–water partition coefficient (Wildman–Crippen LogP) is 5.53. The highest BCUT2D eigenvalue weighted by molar-refractivity contribution is 6.36. The maximum atomic E-state index is 13.8. The molecule has 0 radical (unpaired) electrons. The van der Waals surface area contributed by atoms with Gasteiger partial charge in [0.2, 0.25) is 0 Å². The lowest BCUT2D eigenvalue weighted by molar-refractivity contribution is 0.123. The van der Waals surface area contributed by atoms with Gasteiger partial charge in [-0.25, -0.2) is 13.9 Å².